The van der Waals surface area contributed by atoms with E-state index in [2.05, 4.69) is 15.6 Å². The molecule has 2 atom stereocenters. The summed E-state index contributed by atoms with van der Waals surface area (Å²) < 4.78 is 4.95. The SMILES string of the molecule is Cc1cc(N)ncc1CNC(=O)[C@H](C)NC(=O)[C@@H](CCc1ccccc1)OC(N)=O. The molecule has 0 aliphatic carbocycles. The summed E-state index contributed by atoms with van der Waals surface area (Å²) in [5, 5.41) is 5.30. The molecule has 2 rings (SSSR count). The average Bonchev–Trinajstić information content (AvgIpc) is 2.70. The Morgan fingerprint density at radius 1 is 1.17 bits per heavy atom. The minimum absolute atomic E-state index is 0.240. The number of benzene rings is 1. The molecule has 9 nitrogen and oxygen atoms in total. The van der Waals surface area contributed by atoms with Crippen molar-refractivity contribution in [3.05, 3.63) is 59.3 Å². The first-order valence-electron chi connectivity index (χ1n) is 9.55. The molecule has 160 valence electrons. The van der Waals surface area contributed by atoms with Gasteiger partial charge in [0.25, 0.3) is 5.91 Å². The van der Waals surface area contributed by atoms with Crippen LogP contribution in [0, 0.1) is 6.92 Å². The molecule has 3 amide bonds. The van der Waals surface area contributed by atoms with Crippen LogP contribution in [0.15, 0.2) is 42.6 Å². The van der Waals surface area contributed by atoms with Gasteiger partial charge in [-0.05, 0) is 49.4 Å². The van der Waals surface area contributed by atoms with Crippen LogP contribution in [-0.2, 0) is 27.3 Å². The zero-order valence-electron chi connectivity index (χ0n) is 17.1. The van der Waals surface area contributed by atoms with Crippen LogP contribution in [-0.4, -0.2) is 35.0 Å². The molecule has 6 N–H and O–H groups in total. The molecule has 0 fully saturated rings. The van der Waals surface area contributed by atoms with Gasteiger partial charge >= 0.3 is 6.09 Å². The standard InChI is InChI=1S/C21H27N5O4/c1-13-10-18(22)24-11-16(13)12-25-19(27)14(2)26-20(28)17(30-21(23)29)9-8-15-6-4-3-5-7-15/h3-7,10-11,14,17H,8-9,12H2,1-2H3,(H2,22,24)(H2,23,29)(H,25,27)(H,26,28)/t14-,17+/m0/s1. The zero-order chi connectivity index (χ0) is 22.1. The Labute approximate surface area is 175 Å². The molecule has 1 aromatic heterocycles. The molecule has 2 aromatic rings. The zero-order valence-corrected chi connectivity index (χ0v) is 17.1. The molecule has 0 spiro atoms. The number of amides is 3. The van der Waals surface area contributed by atoms with Crippen molar-refractivity contribution in [3.8, 4) is 0 Å². The fourth-order valence-corrected chi connectivity index (χ4v) is 2.82. The van der Waals surface area contributed by atoms with Crippen LogP contribution in [0.3, 0.4) is 0 Å². The van der Waals surface area contributed by atoms with Gasteiger partial charge in [-0.15, -0.1) is 0 Å². The van der Waals surface area contributed by atoms with E-state index in [1.807, 2.05) is 37.3 Å². The number of aryl methyl sites for hydroxylation is 2. The van der Waals surface area contributed by atoms with E-state index in [-0.39, 0.29) is 18.9 Å². The highest BCUT2D eigenvalue weighted by Crippen LogP contribution is 2.10. The molecule has 0 aliphatic heterocycles. The Hall–Kier alpha value is -3.62. The molecule has 0 saturated heterocycles. The van der Waals surface area contributed by atoms with Crippen LogP contribution in [0.25, 0.3) is 0 Å². The number of pyridine rings is 1. The summed E-state index contributed by atoms with van der Waals surface area (Å²) in [7, 11) is 0. The van der Waals surface area contributed by atoms with Gasteiger partial charge in [0.05, 0.1) is 0 Å². The molecular formula is C21H27N5O4. The first-order chi connectivity index (χ1) is 14.3. The molecule has 30 heavy (non-hydrogen) atoms. The maximum absolute atomic E-state index is 12.5. The number of carbonyl (C=O) groups excluding carboxylic acids is 3. The summed E-state index contributed by atoms with van der Waals surface area (Å²) >= 11 is 0. The molecule has 0 aliphatic rings. The third-order valence-corrected chi connectivity index (χ3v) is 4.53. The van der Waals surface area contributed by atoms with Crippen molar-refractivity contribution in [1.29, 1.82) is 0 Å². The lowest BCUT2D eigenvalue weighted by Crippen LogP contribution is -2.49. The number of nitrogens with one attached hydrogen (secondary N) is 2. The number of carbonyl (C=O) groups is 3. The lowest BCUT2D eigenvalue weighted by Gasteiger charge is -2.20. The number of nitrogens with zero attached hydrogens (tertiary/aromatic N) is 1. The smallest absolute Gasteiger partial charge is 0.405 e. The third kappa shape index (κ3) is 7.08. The highest BCUT2D eigenvalue weighted by atomic mass is 16.6. The number of anilines is 1. The number of aromatic nitrogens is 1. The van der Waals surface area contributed by atoms with Crippen LogP contribution < -0.4 is 22.1 Å². The Bertz CT molecular complexity index is 888. The van der Waals surface area contributed by atoms with E-state index >= 15 is 0 Å². The first kappa shape index (κ1) is 22.7. The van der Waals surface area contributed by atoms with Crippen molar-refractivity contribution in [3.63, 3.8) is 0 Å². The topological polar surface area (TPSA) is 149 Å². The Morgan fingerprint density at radius 3 is 2.50 bits per heavy atom. The van der Waals surface area contributed by atoms with E-state index in [1.165, 1.54) is 0 Å². The summed E-state index contributed by atoms with van der Waals surface area (Å²) in [6.07, 6.45) is 0.196. The van der Waals surface area contributed by atoms with Crippen LogP contribution in [0.5, 0.6) is 0 Å². The number of nitrogens with two attached hydrogens (primary N) is 2. The van der Waals surface area contributed by atoms with Crippen molar-refractivity contribution < 1.29 is 19.1 Å². The van der Waals surface area contributed by atoms with Crippen molar-refractivity contribution >= 4 is 23.7 Å². The molecule has 1 aromatic carbocycles. The minimum Gasteiger partial charge on any atom is -0.436 e. The van der Waals surface area contributed by atoms with E-state index in [0.717, 1.165) is 16.7 Å². The summed E-state index contributed by atoms with van der Waals surface area (Å²) in [4.78, 5) is 40.1. The van der Waals surface area contributed by atoms with E-state index < -0.39 is 24.1 Å². The van der Waals surface area contributed by atoms with Gasteiger partial charge in [0.2, 0.25) is 5.91 Å². The average molecular weight is 413 g/mol. The Kier molecular flexibility index (Phi) is 8.16. The second-order valence-electron chi connectivity index (χ2n) is 6.93. The van der Waals surface area contributed by atoms with Crippen LogP contribution in [0.1, 0.15) is 30.0 Å². The third-order valence-electron chi connectivity index (χ3n) is 4.53. The predicted octanol–water partition coefficient (Wildman–Crippen LogP) is 1.19. The van der Waals surface area contributed by atoms with E-state index in [4.69, 9.17) is 16.2 Å². The molecule has 0 unspecified atom stereocenters. The van der Waals surface area contributed by atoms with Crippen molar-refractivity contribution in [2.45, 2.75) is 45.4 Å². The lowest BCUT2D eigenvalue weighted by molar-refractivity contribution is -0.134. The normalized spacial score (nSPS) is 12.5. The Morgan fingerprint density at radius 2 is 1.87 bits per heavy atom. The number of nitrogen functional groups attached to an aromatic ring is 1. The van der Waals surface area contributed by atoms with E-state index in [0.29, 0.717) is 12.2 Å². The molecule has 1 heterocycles. The van der Waals surface area contributed by atoms with Crippen LogP contribution in [0.2, 0.25) is 0 Å². The van der Waals surface area contributed by atoms with E-state index in [9.17, 15) is 14.4 Å². The number of hydrogen-bond acceptors (Lipinski definition) is 6. The Balaban J connectivity index is 1.90. The number of rotatable bonds is 9. The van der Waals surface area contributed by atoms with Gasteiger partial charge in [-0.2, -0.15) is 0 Å². The minimum atomic E-state index is -1.10. The monoisotopic (exact) mass is 413 g/mol. The van der Waals surface area contributed by atoms with Gasteiger partial charge in [-0.3, -0.25) is 9.59 Å². The van der Waals surface area contributed by atoms with Gasteiger partial charge in [-0.1, -0.05) is 30.3 Å². The summed E-state index contributed by atoms with van der Waals surface area (Å²) in [6.45, 7) is 3.65. The van der Waals surface area contributed by atoms with Crippen LogP contribution >= 0.6 is 0 Å². The number of hydrogen-bond donors (Lipinski definition) is 4. The van der Waals surface area contributed by atoms with E-state index in [1.54, 1.807) is 19.2 Å². The number of ether oxygens (including phenoxy) is 1. The highest BCUT2D eigenvalue weighted by molar-refractivity contribution is 5.89. The molecule has 0 radical (unpaired) electrons. The van der Waals surface area contributed by atoms with Crippen molar-refractivity contribution in [2.24, 2.45) is 5.73 Å². The predicted molar refractivity (Wildman–Crippen MR) is 112 cm³/mol. The van der Waals surface area contributed by atoms with Gasteiger partial charge in [0.1, 0.15) is 11.9 Å². The van der Waals surface area contributed by atoms with Gasteiger partial charge in [0.15, 0.2) is 6.10 Å². The largest absolute Gasteiger partial charge is 0.436 e. The summed E-state index contributed by atoms with van der Waals surface area (Å²) in [6, 6.07) is 10.3. The fraction of sp³-hybridized carbons (Fsp3) is 0.333. The second-order valence-corrected chi connectivity index (χ2v) is 6.93. The first-order valence-corrected chi connectivity index (χ1v) is 9.55. The summed E-state index contributed by atoms with van der Waals surface area (Å²) in [5.41, 5.74) is 13.4. The van der Waals surface area contributed by atoms with Gasteiger partial charge in [-0.25, -0.2) is 9.78 Å². The van der Waals surface area contributed by atoms with Gasteiger partial charge < -0.3 is 26.8 Å². The number of primary amides is 1. The maximum atomic E-state index is 12.5. The molecule has 9 heteroatoms. The lowest BCUT2D eigenvalue weighted by atomic mass is 10.1. The fourth-order valence-electron chi connectivity index (χ4n) is 2.82. The summed E-state index contributed by atoms with van der Waals surface area (Å²) in [5.74, 6) is -0.572. The second kappa shape index (κ2) is 10.8. The molecule has 0 saturated carbocycles. The quantitative estimate of drug-likeness (QED) is 0.485. The van der Waals surface area contributed by atoms with Crippen LogP contribution in [0.4, 0.5) is 10.6 Å². The molecular weight excluding hydrogens is 386 g/mol. The maximum Gasteiger partial charge on any atom is 0.405 e. The van der Waals surface area contributed by atoms with Gasteiger partial charge in [0, 0.05) is 12.7 Å². The van der Waals surface area contributed by atoms with Crippen molar-refractivity contribution in [1.82, 2.24) is 15.6 Å². The van der Waals surface area contributed by atoms with Crippen molar-refractivity contribution in [2.75, 3.05) is 5.73 Å². The highest BCUT2D eigenvalue weighted by Gasteiger charge is 2.25. The molecule has 0 bridgehead atoms.